The minimum atomic E-state index is -0.614. The first-order valence-corrected chi connectivity index (χ1v) is 7.35. The van der Waals surface area contributed by atoms with Crippen LogP contribution in [0.15, 0.2) is 47.4 Å². The predicted octanol–water partition coefficient (Wildman–Crippen LogP) is 3.84. The van der Waals surface area contributed by atoms with Gasteiger partial charge in [0, 0.05) is 6.07 Å². The monoisotopic (exact) mass is 303 g/mol. The van der Waals surface area contributed by atoms with Crippen LogP contribution in [0.5, 0.6) is 5.75 Å². The zero-order valence-electron chi connectivity index (χ0n) is 11.5. The molecule has 0 radical (unpaired) electrons. The van der Waals surface area contributed by atoms with Crippen molar-refractivity contribution in [2.75, 3.05) is 6.26 Å². The van der Waals surface area contributed by atoms with Crippen LogP contribution in [0.4, 0.5) is 5.69 Å². The lowest BCUT2D eigenvalue weighted by Gasteiger charge is -2.06. The van der Waals surface area contributed by atoms with Gasteiger partial charge in [-0.05, 0) is 43.0 Å². The molecule has 0 heterocycles. The van der Waals surface area contributed by atoms with Gasteiger partial charge in [-0.25, -0.2) is 4.79 Å². The number of aryl methyl sites for hydroxylation is 1. The maximum atomic E-state index is 12.0. The number of carbonyl (C=O) groups excluding carboxylic acids is 1. The molecule has 0 N–H and O–H groups in total. The molecule has 5 nitrogen and oxygen atoms in total. The van der Waals surface area contributed by atoms with E-state index in [2.05, 4.69) is 0 Å². The number of nitro groups is 1. The summed E-state index contributed by atoms with van der Waals surface area (Å²) in [6.45, 7) is 1.88. The summed E-state index contributed by atoms with van der Waals surface area (Å²) in [6, 6.07) is 11.4. The smallest absolute Gasteiger partial charge is 0.343 e. The van der Waals surface area contributed by atoms with E-state index >= 15 is 0 Å². The van der Waals surface area contributed by atoms with Crippen molar-refractivity contribution in [3.05, 3.63) is 63.7 Å². The molecule has 0 saturated carbocycles. The fourth-order valence-electron chi connectivity index (χ4n) is 1.80. The van der Waals surface area contributed by atoms with Gasteiger partial charge in [0.05, 0.1) is 15.4 Å². The van der Waals surface area contributed by atoms with Crippen LogP contribution in [-0.2, 0) is 0 Å². The molecular formula is C15H13NO4S. The van der Waals surface area contributed by atoms with Gasteiger partial charge < -0.3 is 4.74 Å². The summed E-state index contributed by atoms with van der Waals surface area (Å²) in [5, 5.41) is 11.0. The number of rotatable bonds is 4. The van der Waals surface area contributed by atoms with Gasteiger partial charge in [-0.15, -0.1) is 11.8 Å². The van der Waals surface area contributed by atoms with Crippen LogP contribution in [0.2, 0.25) is 0 Å². The summed E-state index contributed by atoms with van der Waals surface area (Å²) in [4.78, 5) is 23.0. The number of hydrogen-bond acceptors (Lipinski definition) is 5. The summed E-state index contributed by atoms with van der Waals surface area (Å²) in [6.07, 6.45) is 1.74. The van der Waals surface area contributed by atoms with Gasteiger partial charge in [0.15, 0.2) is 0 Å². The molecule has 0 spiro atoms. The molecule has 2 aromatic rings. The Morgan fingerprint density at radius 1 is 1.24 bits per heavy atom. The van der Waals surface area contributed by atoms with Crippen LogP contribution in [0, 0.1) is 17.0 Å². The Bertz CT molecular complexity index is 700. The molecule has 0 saturated heterocycles. The Kier molecular flexibility index (Phi) is 4.59. The van der Waals surface area contributed by atoms with Gasteiger partial charge in [-0.2, -0.15) is 0 Å². The summed E-state index contributed by atoms with van der Waals surface area (Å²) >= 11 is 1.26. The number of benzene rings is 2. The standard InChI is InChI=1S/C15H13NO4S/c1-10-4-3-5-12(8-10)20-15(17)11-6-7-14(21-2)13(9-11)16(18)19/h3-9H,1-2H3. The molecule has 0 aliphatic heterocycles. The second-order valence-corrected chi connectivity index (χ2v) is 5.20. The minimum absolute atomic E-state index is 0.0961. The number of nitro benzene ring substituents is 1. The van der Waals surface area contributed by atoms with Gasteiger partial charge in [-0.1, -0.05) is 12.1 Å². The average molecular weight is 303 g/mol. The molecule has 21 heavy (non-hydrogen) atoms. The summed E-state index contributed by atoms with van der Waals surface area (Å²) in [7, 11) is 0. The van der Waals surface area contributed by atoms with E-state index in [1.807, 2.05) is 13.0 Å². The largest absolute Gasteiger partial charge is 0.423 e. The van der Waals surface area contributed by atoms with Gasteiger partial charge in [0.1, 0.15) is 5.75 Å². The fraction of sp³-hybridized carbons (Fsp3) is 0.133. The average Bonchev–Trinajstić information content (AvgIpc) is 2.46. The van der Waals surface area contributed by atoms with E-state index in [1.54, 1.807) is 30.5 Å². The minimum Gasteiger partial charge on any atom is -0.423 e. The molecule has 0 fully saturated rings. The number of ether oxygens (including phenoxy) is 1. The molecule has 108 valence electrons. The molecule has 0 aromatic heterocycles. The number of carbonyl (C=O) groups is 1. The lowest BCUT2D eigenvalue weighted by molar-refractivity contribution is -0.387. The summed E-state index contributed by atoms with van der Waals surface area (Å²) < 4.78 is 5.22. The fourth-order valence-corrected chi connectivity index (χ4v) is 2.35. The van der Waals surface area contributed by atoms with Crippen LogP contribution in [-0.4, -0.2) is 17.1 Å². The third-order valence-electron chi connectivity index (χ3n) is 2.81. The maximum absolute atomic E-state index is 12.0. The highest BCUT2D eigenvalue weighted by Gasteiger charge is 2.18. The molecule has 0 aliphatic rings. The lowest BCUT2D eigenvalue weighted by atomic mass is 10.2. The quantitative estimate of drug-likeness (QED) is 0.282. The van der Waals surface area contributed by atoms with E-state index in [-0.39, 0.29) is 11.3 Å². The zero-order valence-corrected chi connectivity index (χ0v) is 12.3. The van der Waals surface area contributed by atoms with E-state index in [1.165, 1.54) is 23.9 Å². The van der Waals surface area contributed by atoms with Crippen molar-refractivity contribution in [2.45, 2.75) is 11.8 Å². The summed E-state index contributed by atoms with van der Waals surface area (Å²) in [5.74, 6) is -0.201. The van der Waals surface area contributed by atoms with Gasteiger partial charge in [-0.3, -0.25) is 10.1 Å². The Labute approximate surface area is 126 Å². The first kappa shape index (κ1) is 15.1. The number of esters is 1. The summed E-state index contributed by atoms with van der Waals surface area (Å²) in [5.41, 5.74) is 1.02. The van der Waals surface area contributed by atoms with E-state index in [9.17, 15) is 14.9 Å². The van der Waals surface area contributed by atoms with Crippen LogP contribution < -0.4 is 4.74 Å². The Morgan fingerprint density at radius 3 is 2.62 bits per heavy atom. The van der Waals surface area contributed by atoms with Crippen molar-refractivity contribution in [3.63, 3.8) is 0 Å². The molecule has 2 rings (SSSR count). The van der Waals surface area contributed by atoms with E-state index in [0.29, 0.717) is 10.6 Å². The van der Waals surface area contributed by atoms with Crippen molar-refractivity contribution in [1.82, 2.24) is 0 Å². The third-order valence-corrected chi connectivity index (χ3v) is 3.60. The highest BCUT2D eigenvalue weighted by Crippen LogP contribution is 2.28. The molecule has 0 atom stereocenters. The lowest BCUT2D eigenvalue weighted by Crippen LogP contribution is -2.09. The molecule has 0 aliphatic carbocycles. The van der Waals surface area contributed by atoms with Gasteiger partial charge in [0.25, 0.3) is 5.69 Å². The van der Waals surface area contributed by atoms with Crippen LogP contribution in [0.25, 0.3) is 0 Å². The van der Waals surface area contributed by atoms with Crippen LogP contribution >= 0.6 is 11.8 Å². The maximum Gasteiger partial charge on any atom is 0.343 e. The van der Waals surface area contributed by atoms with Gasteiger partial charge in [0.2, 0.25) is 0 Å². The van der Waals surface area contributed by atoms with Crippen molar-refractivity contribution in [1.29, 1.82) is 0 Å². The normalized spacial score (nSPS) is 10.2. The van der Waals surface area contributed by atoms with Crippen molar-refractivity contribution < 1.29 is 14.5 Å². The second kappa shape index (κ2) is 6.41. The van der Waals surface area contributed by atoms with E-state index < -0.39 is 10.9 Å². The third kappa shape index (κ3) is 3.61. The highest BCUT2D eigenvalue weighted by molar-refractivity contribution is 7.98. The number of nitrogens with zero attached hydrogens (tertiary/aromatic N) is 1. The zero-order chi connectivity index (χ0) is 15.4. The molecule has 0 unspecified atom stereocenters. The van der Waals surface area contributed by atoms with Crippen molar-refractivity contribution in [3.8, 4) is 5.75 Å². The molecular weight excluding hydrogens is 290 g/mol. The Morgan fingerprint density at radius 2 is 2.00 bits per heavy atom. The Hall–Kier alpha value is -2.34. The van der Waals surface area contributed by atoms with Crippen molar-refractivity contribution in [2.24, 2.45) is 0 Å². The first-order valence-electron chi connectivity index (χ1n) is 6.12. The number of thioether (sulfide) groups is 1. The number of hydrogen-bond donors (Lipinski definition) is 0. The van der Waals surface area contributed by atoms with Gasteiger partial charge >= 0.3 is 5.97 Å². The van der Waals surface area contributed by atoms with E-state index in [0.717, 1.165) is 5.56 Å². The molecule has 0 amide bonds. The first-order chi connectivity index (χ1) is 10.0. The molecule has 2 aromatic carbocycles. The molecule has 0 bridgehead atoms. The SMILES string of the molecule is CSc1ccc(C(=O)Oc2cccc(C)c2)cc1[N+](=O)[O-]. The topological polar surface area (TPSA) is 69.4 Å². The molecule has 6 heteroatoms. The van der Waals surface area contributed by atoms with E-state index in [4.69, 9.17) is 4.74 Å². The van der Waals surface area contributed by atoms with Crippen LogP contribution in [0.3, 0.4) is 0 Å². The van der Waals surface area contributed by atoms with Crippen molar-refractivity contribution >= 4 is 23.4 Å². The highest BCUT2D eigenvalue weighted by atomic mass is 32.2. The predicted molar refractivity (Wildman–Crippen MR) is 81.0 cm³/mol. The van der Waals surface area contributed by atoms with Crippen LogP contribution in [0.1, 0.15) is 15.9 Å². The Balaban J connectivity index is 2.27. The second-order valence-electron chi connectivity index (χ2n) is 4.35.